The SMILES string of the molecule is C#CCCC(=O)CCCOCCOCC(=O)O. The molecular formula is C12H18O5. The predicted octanol–water partition coefficient (Wildman–Crippen LogP) is 0.867. The van der Waals surface area contributed by atoms with E-state index in [1.807, 2.05) is 0 Å². The Labute approximate surface area is 101 Å². The van der Waals surface area contributed by atoms with E-state index < -0.39 is 5.97 Å². The molecule has 0 bridgehead atoms. The molecule has 0 aliphatic rings. The van der Waals surface area contributed by atoms with Crippen molar-refractivity contribution in [3.05, 3.63) is 0 Å². The van der Waals surface area contributed by atoms with Crippen LogP contribution in [0.5, 0.6) is 0 Å². The fourth-order valence-electron chi connectivity index (χ4n) is 1.09. The van der Waals surface area contributed by atoms with E-state index in [0.29, 0.717) is 38.9 Å². The molecule has 0 radical (unpaired) electrons. The molecule has 0 rings (SSSR count). The van der Waals surface area contributed by atoms with Gasteiger partial charge >= 0.3 is 5.97 Å². The van der Waals surface area contributed by atoms with Gasteiger partial charge in [-0.25, -0.2) is 4.79 Å². The first-order chi connectivity index (χ1) is 8.16. The first-order valence-electron chi connectivity index (χ1n) is 5.49. The van der Waals surface area contributed by atoms with Crippen LogP contribution in [0.15, 0.2) is 0 Å². The maximum Gasteiger partial charge on any atom is 0.329 e. The minimum atomic E-state index is -0.996. The number of terminal acetylenes is 1. The summed E-state index contributed by atoms with van der Waals surface area (Å²) in [6.07, 6.45) is 7.08. The summed E-state index contributed by atoms with van der Waals surface area (Å²) < 4.78 is 9.92. The van der Waals surface area contributed by atoms with Crippen molar-refractivity contribution in [2.24, 2.45) is 0 Å². The normalized spacial score (nSPS) is 9.82. The number of aliphatic carboxylic acids is 1. The molecule has 1 N–H and O–H groups in total. The number of hydrogen-bond acceptors (Lipinski definition) is 4. The van der Waals surface area contributed by atoms with E-state index in [1.54, 1.807) is 0 Å². The van der Waals surface area contributed by atoms with Gasteiger partial charge in [-0.05, 0) is 6.42 Å². The molecule has 0 fully saturated rings. The van der Waals surface area contributed by atoms with Crippen LogP contribution in [-0.2, 0) is 19.1 Å². The molecule has 5 nitrogen and oxygen atoms in total. The molecule has 0 amide bonds. The Hall–Kier alpha value is -1.38. The van der Waals surface area contributed by atoms with E-state index in [0.717, 1.165) is 0 Å². The smallest absolute Gasteiger partial charge is 0.329 e. The maximum atomic E-state index is 11.2. The molecule has 0 heterocycles. The van der Waals surface area contributed by atoms with Gasteiger partial charge in [0.25, 0.3) is 0 Å². The summed E-state index contributed by atoms with van der Waals surface area (Å²) in [5.41, 5.74) is 0. The Morgan fingerprint density at radius 2 is 1.82 bits per heavy atom. The van der Waals surface area contributed by atoms with Crippen LogP contribution in [0.4, 0.5) is 0 Å². The summed E-state index contributed by atoms with van der Waals surface area (Å²) in [6, 6.07) is 0. The van der Waals surface area contributed by atoms with Crippen LogP contribution in [0.2, 0.25) is 0 Å². The molecule has 0 aliphatic carbocycles. The number of carboxylic acids is 1. The van der Waals surface area contributed by atoms with Gasteiger partial charge in [0.05, 0.1) is 13.2 Å². The topological polar surface area (TPSA) is 72.8 Å². The van der Waals surface area contributed by atoms with Gasteiger partial charge in [-0.15, -0.1) is 12.3 Å². The number of carbonyl (C=O) groups excluding carboxylic acids is 1. The summed E-state index contributed by atoms with van der Waals surface area (Å²) in [6.45, 7) is 0.745. The lowest BCUT2D eigenvalue weighted by Gasteiger charge is -2.03. The minimum absolute atomic E-state index is 0.147. The van der Waals surface area contributed by atoms with E-state index in [9.17, 15) is 9.59 Å². The number of carboxylic acid groups (broad SMARTS) is 1. The lowest BCUT2D eigenvalue weighted by molar-refractivity contribution is -0.142. The third kappa shape index (κ3) is 12.6. The fourth-order valence-corrected chi connectivity index (χ4v) is 1.09. The second-order valence-corrected chi connectivity index (χ2v) is 3.41. The quantitative estimate of drug-likeness (QED) is 0.430. The maximum absolute atomic E-state index is 11.2. The number of hydrogen-bond donors (Lipinski definition) is 1. The van der Waals surface area contributed by atoms with Gasteiger partial charge in [-0.3, -0.25) is 4.79 Å². The molecule has 0 spiro atoms. The van der Waals surface area contributed by atoms with Gasteiger partial charge < -0.3 is 14.6 Å². The standard InChI is InChI=1S/C12H18O5/c1-2-3-5-11(13)6-4-7-16-8-9-17-10-12(14)15/h1H,3-10H2,(H,14,15). The number of ketones is 1. The predicted molar refractivity (Wildman–Crippen MR) is 61.6 cm³/mol. The van der Waals surface area contributed by atoms with Crippen molar-refractivity contribution in [1.82, 2.24) is 0 Å². The molecule has 0 saturated heterocycles. The van der Waals surface area contributed by atoms with Crippen molar-refractivity contribution < 1.29 is 24.2 Å². The van der Waals surface area contributed by atoms with Crippen LogP contribution in [0.3, 0.4) is 0 Å². The summed E-state index contributed by atoms with van der Waals surface area (Å²) in [7, 11) is 0. The summed E-state index contributed by atoms with van der Waals surface area (Å²) >= 11 is 0. The number of rotatable bonds is 11. The highest BCUT2D eigenvalue weighted by atomic mass is 16.5. The fraction of sp³-hybridized carbons (Fsp3) is 0.667. The Kier molecular flexibility index (Phi) is 10.2. The molecule has 0 saturated carbocycles. The molecular weight excluding hydrogens is 224 g/mol. The highest BCUT2D eigenvalue weighted by Crippen LogP contribution is 1.98. The van der Waals surface area contributed by atoms with E-state index in [4.69, 9.17) is 21.0 Å². The van der Waals surface area contributed by atoms with Gasteiger partial charge in [0.2, 0.25) is 0 Å². The van der Waals surface area contributed by atoms with Crippen molar-refractivity contribution in [3.8, 4) is 12.3 Å². The van der Waals surface area contributed by atoms with Crippen molar-refractivity contribution in [3.63, 3.8) is 0 Å². The molecule has 0 aliphatic heterocycles. The van der Waals surface area contributed by atoms with Gasteiger partial charge in [-0.1, -0.05) is 0 Å². The van der Waals surface area contributed by atoms with Crippen molar-refractivity contribution in [2.75, 3.05) is 26.4 Å². The highest BCUT2D eigenvalue weighted by molar-refractivity contribution is 5.78. The first kappa shape index (κ1) is 15.6. The van der Waals surface area contributed by atoms with Crippen LogP contribution in [0.1, 0.15) is 25.7 Å². The highest BCUT2D eigenvalue weighted by Gasteiger charge is 2.00. The van der Waals surface area contributed by atoms with Crippen molar-refractivity contribution in [2.45, 2.75) is 25.7 Å². The number of ether oxygens (including phenoxy) is 2. The van der Waals surface area contributed by atoms with Gasteiger partial charge in [0.15, 0.2) is 0 Å². The van der Waals surface area contributed by atoms with Crippen LogP contribution >= 0.6 is 0 Å². The Bertz CT molecular complexity index is 267. The number of carbonyl (C=O) groups is 2. The lowest BCUT2D eigenvalue weighted by atomic mass is 10.1. The van der Waals surface area contributed by atoms with E-state index in [2.05, 4.69) is 5.92 Å². The van der Waals surface area contributed by atoms with Crippen molar-refractivity contribution >= 4 is 11.8 Å². The van der Waals surface area contributed by atoms with Gasteiger partial charge in [0.1, 0.15) is 12.4 Å². The average molecular weight is 242 g/mol. The van der Waals surface area contributed by atoms with Crippen molar-refractivity contribution in [1.29, 1.82) is 0 Å². The average Bonchev–Trinajstić information content (AvgIpc) is 2.29. The molecule has 0 aromatic rings. The monoisotopic (exact) mass is 242 g/mol. The second-order valence-electron chi connectivity index (χ2n) is 3.41. The van der Waals surface area contributed by atoms with Gasteiger partial charge in [0, 0.05) is 25.9 Å². The van der Waals surface area contributed by atoms with Crippen LogP contribution in [0, 0.1) is 12.3 Å². The van der Waals surface area contributed by atoms with Crippen LogP contribution < -0.4 is 0 Å². The molecule has 0 aromatic carbocycles. The zero-order valence-corrected chi connectivity index (χ0v) is 9.81. The van der Waals surface area contributed by atoms with E-state index >= 15 is 0 Å². The summed E-state index contributed by atoms with van der Waals surface area (Å²) in [4.78, 5) is 21.2. The van der Waals surface area contributed by atoms with Gasteiger partial charge in [-0.2, -0.15) is 0 Å². The van der Waals surface area contributed by atoms with Crippen LogP contribution in [-0.4, -0.2) is 43.3 Å². The zero-order valence-electron chi connectivity index (χ0n) is 9.81. The molecule has 0 atom stereocenters. The Morgan fingerprint density at radius 3 is 2.47 bits per heavy atom. The lowest BCUT2D eigenvalue weighted by Crippen LogP contribution is -2.12. The summed E-state index contributed by atoms with van der Waals surface area (Å²) in [5, 5.41) is 8.27. The third-order valence-electron chi connectivity index (χ3n) is 1.89. The number of Topliss-reactive ketones (excluding diaryl/α,β-unsaturated/α-hetero) is 1. The first-order valence-corrected chi connectivity index (χ1v) is 5.49. The molecule has 0 unspecified atom stereocenters. The third-order valence-corrected chi connectivity index (χ3v) is 1.89. The molecule has 0 aromatic heterocycles. The van der Waals surface area contributed by atoms with E-state index in [-0.39, 0.29) is 19.0 Å². The largest absolute Gasteiger partial charge is 0.480 e. The van der Waals surface area contributed by atoms with Crippen LogP contribution in [0.25, 0.3) is 0 Å². The minimum Gasteiger partial charge on any atom is -0.480 e. The molecule has 96 valence electrons. The Morgan fingerprint density at radius 1 is 1.12 bits per heavy atom. The Balaban J connectivity index is 3.16. The molecule has 5 heteroatoms. The summed E-state index contributed by atoms with van der Waals surface area (Å²) in [5.74, 6) is 1.57. The molecule has 17 heavy (non-hydrogen) atoms. The van der Waals surface area contributed by atoms with E-state index in [1.165, 1.54) is 0 Å². The second kappa shape index (κ2) is 11.1. The zero-order chi connectivity index (χ0) is 12.9.